The van der Waals surface area contributed by atoms with Gasteiger partial charge in [0.05, 0.1) is 6.54 Å². The van der Waals surface area contributed by atoms with Gasteiger partial charge in [0.25, 0.3) is 0 Å². The highest BCUT2D eigenvalue weighted by Gasteiger charge is 2.24. The lowest BCUT2D eigenvalue weighted by atomic mass is 10.1. The van der Waals surface area contributed by atoms with Gasteiger partial charge in [-0.15, -0.1) is 0 Å². The second kappa shape index (κ2) is 8.77. The predicted octanol–water partition coefficient (Wildman–Crippen LogP) is 0.952. The van der Waals surface area contributed by atoms with E-state index < -0.39 is 0 Å². The quantitative estimate of drug-likeness (QED) is 0.716. The smallest absolute Gasteiger partial charge is 0.242 e. The molecule has 2 N–H and O–H groups in total. The number of hydrogen-bond acceptors (Lipinski definition) is 5. The molecule has 146 valence electrons. The second-order valence-electron chi connectivity index (χ2n) is 7.74. The van der Waals surface area contributed by atoms with Crippen molar-refractivity contribution in [3.8, 4) is 0 Å². The Bertz CT molecular complexity index is 682. The van der Waals surface area contributed by atoms with Gasteiger partial charge in [-0.3, -0.25) is 24.2 Å². The first-order valence-corrected chi connectivity index (χ1v) is 9.55. The summed E-state index contributed by atoms with van der Waals surface area (Å²) in [7, 11) is 0. The normalized spacial score (nSPS) is 15.9. The summed E-state index contributed by atoms with van der Waals surface area (Å²) in [5.74, 6) is 0.883. The number of carbonyl (C=O) groups is 2. The first kappa shape index (κ1) is 20.6. The van der Waals surface area contributed by atoms with E-state index in [0.29, 0.717) is 37.5 Å². The van der Waals surface area contributed by atoms with Gasteiger partial charge in [0.2, 0.25) is 11.8 Å². The molecule has 9 heteroatoms. The summed E-state index contributed by atoms with van der Waals surface area (Å²) in [5.41, 5.74) is -0.227. The van der Waals surface area contributed by atoms with E-state index in [1.54, 1.807) is 4.57 Å². The molecular formula is C17H30N6O2S. The SMILES string of the molecule is CCCc1n[nH]c(=S)n1CC(=O)N1CCN(CC(=O)NC(C)(C)C)CC1. The average Bonchev–Trinajstić information content (AvgIpc) is 2.87. The van der Waals surface area contributed by atoms with E-state index in [9.17, 15) is 9.59 Å². The van der Waals surface area contributed by atoms with Crippen LogP contribution in [0.2, 0.25) is 0 Å². The van der Waals surface area contributed by atoms with Crippen molar-refractivity contribution in [3.63, 3.8) is 0 Å². The van der Waals surface area contributed by atoms with Crippen LogP contribution in [0.5, 0.6) is 0 Å². The summed E-state index contributed by atoms with van der Waals surface area (Å²) in [5, 5.41) is 9.94. The molecule has 1 fully saturated rings. The minimum atomic E-state index is -0.227. The number of aromatic nitrogens is 3. The van der Waals surface area contributed by atoms with Gasteiger partial charge in [0, 0.05) is 38.1 Å². The zero-order chi connectivity index (χ0) is 19.3. The Morgan fingerprint density at radius 1 is 1.19 bits per heavy atom. The Morgan fingerprint density at radius 2 is 1.85 bits per heavy atom. The van der Waals surface area contributed by atoms with Crippen molar-refractivity contribution in [2.24, 2.45) is 0 Å². The molecule has 0 spiro atoms. The molecule has 0 radical (unpaired) electrons. The van der Waals surface area contributed by atoms with Crippen LogP contribution in [0.15, 0.2) is 0 Å². The standard InChI is InChI=1S/C17H30N6O2S/c1-5-6-13-19-20-16(26)23(13)12-15(25)22-9-7-21(8-10-22)11-14(24)18-17(2,3)4/h5-12H2,1-4H3,(H,18,24)(H,20,26). The van der Waals surface area contributed by atoms with Crippen molar-refractivity contribution in [3.05, 3.63) is 10.6 Å². The van der Waals surface area contributed by atoms with E-state index in [1.165, 1.54) is 0 Å². The number of amides is 2. The summed E-state index contributed by atoms with van der Waals surface area (Å²) in [4.78, 5) is 28.6. The van der Waals surface area contributed by atoms with Crippen molar-refractivity contribution < 1.29 is 9.59 Å². The van der Waals surface area contributed by atoms with Crippen molar-refractivity contribution in [1.82, 2.24) is 29.9 Å². The van der Waals surface area contributed by atoms with Gasteiger partial charge in [0.15, 0.2) is 4.77 Å². The van der Waals surface area contributed by atoms with E-state index in [1.807, 2.05) is 25.7 Å². The highest BCUT2D eigenvalue weighted by molar-refractivity contribution is 7.71. The molecule has 0 aromatic carbocycles. The number of carbonyl (C=O) groups excluding carboxylic acids is 2. The van der Waals surface area contributed by atoms with Crippen LogP contribution in [0.4, 0.5) is 0 Å². The molecule has 0 saturated carbocycles. The third-order valence-corrected chi connectivity index (χ3v) is 4.52. The highest BCUT2D eigenvalue weighted by Crippen LogP contribution is 2.07. The number of aromatic amines is 1. The van der Waals surface area contributed by atoms with Crippen LogP contribution in [0.25, 0.3) is 0 Å². The number of rotatable bonds is 6. The van der Waals surface area contributed by atoms with Crippen molar-refractivity contribution in [1.29, 1.82) is 0 Å². The molecule has 26 heavy (non-hydrogen) atoms. The minimum Gasteiger partial charge on any atom is -0.350 e. The molecule has 1 aliphatic rings. The largest absolute Gasteiger partial charge is 0.350 e. The molecule has 8 nitrogen and oxygen atoms in total. The number of H-pyrrole nitrogens is 1. The second-order valence-corrected chi connectivity index (χ2v) is 8.12. The molecule has 0 aliphatic carbocycles. The zero-order valence-electron chi connectivity index (χ0n) is 16.2. The van der Waals surface area contributed by atoms with Crippen molar-refractivity contribution in [2.75, 3.05) is 32.7 Å². The first-order chi connectivity index (χ1) is 12.2. The van der Waals surface area contributed by atoms with Crippen LogP contribution in [0.3, 0.4) is 0 Å². The summed E-state index contributed by atoms with van der Waals surface area (Å²) in [6.07, 6.45) is 1.74. The Morgan fingerprint density at radius 3 is 2.42 bits per heavy atom. The van der Waals surface area contributed by atoms with E-state index in [0.717, 1.165) is 18.7 Å². The van der Waals surface area contributed by atoms with Crippen molar-refractivity contribution in [2.45, 2.75) is 52.6 Å². The van der Waals surface area contributed by atoms with Gasteiger partial charge in [-0.25, -0.2) is 0 Å². The van der Waals surface area contributed by atoms with Crippen LogP contribution in [0, 0.1) is 4.77 Å². The summed E-state index contributed by atoms with van der Waals surface area (Å²) < 4.78 is 2.27. The fourth-order valence-electron chi connectivity index (χ4n) is 2.98. The molecule has 0 bridgehead atoms. The van der Waals surface area contributed by atoms with Gasteiger partial charge in [-0.1, -0.05) is 6.92 Å². The average molecular weight is 383 g/mol. The highest BCUT2D eigenvalue weighted by atomic mass is 32.1. The minimum absolute atomic E-state index is 0.0196. The number of piperazine rings is 1. The van der Waals surface area contributed by atoms with E-state index in [4.69, 9.17) is 12.2 Å². The number of aryl methyl sites for hydroxylation is 1. The topological polar surface area (TPSA) is 86.3 Å². The number of nitrogens with one attached hydrogen (secondary N) is 2. The van der Waals surface area contributed by atoms with Crippen molar-refractivity contribution >= 4 is 24.0 Å². The lowest BCUT2D eigenvalue weighted by Crippen LogP contribution is -2.53. The Hall–Kier alpha value is -1.74. The summed E-state index contributed by atoms with van der Waals surface area (Å²) in [6, 6.07) is 0. The predicted molar refractivity (Wildman–Crippen MR) is 102 cm³/mol. The molecule has 1 aromatic rings. The molecule has 2 heterocycles. The van der Waals surface area contributed by atoms with Crippen LogP contribution < -0.4 is 5.32 Å². The molecular weight excluding hydrogens is 352 g/mol. The van der Waals surface area contributed by atoms with Gasteiger partial charge < -0.3 is 10.2 Å². The van der Waals surface area contributed by atoms with Gasteiger partial charge in [-0.2, -0.15) is 5.10 Å². The van der Waals surface area contributed by atoms with Gasteiger partial charge >= 0.3 is 0 Å². The number of hydrogen-bond donors (Lipinski definition) is 2. The van der Waals surface area contributed by atoms with E-state index >= 15 is 0 Å². The van der Waals surface area contributed by atoms with Crippen LogP contribution >= 0.6 is 12.2 Å². The Labute approximate surface area is 159 Å². The van der Waals surface area contributed by atoms with Crippen LogP contribution in [-0.2, 0) is 22.6 Å². The molecule has 0 atom stereocenters. The fourth-order valence-corrected chi connectivity index (χ4v) is 3.19. The van der Waals surface area contributed by atoms with Crippen LogP contribution in [0.1, 0.15) is 39.9 Å². The van der Waals surface area contributed by atoms with E-state index in [-0.39, 0.29) is 23.9 Å². The molecule has 2 rings (SSSR count). The lowest BCUT2D eigenvalue weighted by molar-refractivity contribution is -0.134. The fraction of sp³-hybridized carbons (Fsp3) is 0.765. The van der Waals surface area contributed by atoms with Gasteiger partial charge in [-0.05, 0) is 39.4 Å². The third kappa shape index (κ3) is 5.91. The molecule has 1 aliphatic heterocycles. The number of nitrogens with zero attached hydrogens (tertiary/aromatic N) is 4. The third-order valence-electron chi connectivity index (χ3n) is 4.21. The Kier molecular flexibility index (Phi) is 6.94. The molecule has 0 unspecified atom stereocenters. The monoisotopic (exact) mass is 382 g/mol. The Balaban J connectivity index is 1.84. The lowest BCUT2D eigenvalue weighted by Gasteiger charge is -2.35. The van der Waals surface area contributed by atoms with Crippen LogP contribution in [-0.4, -0.2) is 74.6 Å². The zero-order valence-corrected chi connectivity index (χ0v) is 17.0. The van der Waals surface area contributed by atoms with Gasteiger partial charge in [0.1, 0.15) is 12.4 Å². The maximum atomic E-state index is 12.6. The van der Waals surface area contributed by atoms with E-state index in [2.05, 4.69) is 27.3 Å². The molecule has 1 aromatic heterocycles. The maximum Gasteiger partial charge on any atom is 0.242 e. The summed E-state index contributed by atoms with van der Waals surface area (Å²) in [6.45, 7) is 11.2. The first-order valence-electron chi connectivity index (χ1n) is 9.15. The summed E-state index contributed by atoms with van der Waals surface area (Å²) >= 11 is 5.24. The maximum absolute atomic E-state index is 12.6. The molecule has 2 amide bonds. The molecule has 1 saturated heterocycles.